The minimum atomic E-state index is -0.842. The van der Waals surface area contributed by atoms with Gasteiger partial charge in [0.15, 0.2) is 6.29 Å². The van der Waals surface area contributed by atoms with Gasteiger partial charge < -0.3 is 18.3 Å². The van der Waals surface area contributed by atoms with Crippen LogP contribution in [-0.2, 0) is 18.3 Å². The Morgan fingerprint density at radius 2 is 1.65 bits per heavy atom. The maximum Gasteiger partial charge on any atom is 0.304 e. The molecular formula is C12H28O4Si. The van der Waals surface area contributed by atoms with Gasteiger partial charge in [-0.3, -0.25) is 0 Å². The van der Waals surface area contributed by atoms with E-state index in [1.165, 1.54) is 0 Å². The highest BCUT2D eigenvalue weighted by Crippen LogP contribution is 2.06. The summed E-state index contributed by atoms with van der Waals surface area (Å²) in [5.41, 5.74) is -0.0780. The topological polar surface area (TPSA) is 36.9 Å². The van der Waals surface area contributed by atoms with Crippen molar-refractivity contribution in [2.45, 2.75) is 59.4 Å². The third kappa shape index (κ3) is 12.3. The van der Waals surface area contributed by atoms with E-state index in [4.69, 9.17) is 18.3 Å². The normalized spacial score (nSPS) is 13.1. The van der Waals surface area contributed by atoms with Gasteiger partial charge in [-0.25, -0.2) is 0 Å². The second kappa shape index (κ2) is 10.0. The van der Waals surface area contributed by atoms with Gasteiger partial charge in [0.2, 0.25) is 0 Å². The quantitative estimate of drug-likeness (QED) is 0.343. The fourth-order valence-electron chi connectivity index (χ4n) is 1.22. The van der Waals surface area contributed by atoms with E-state index in [0.717, 1.165) is 19.4 Å². The first-order valence-corrected chi connectivity index (χ1v) is 7.60. The van der Waals surface area contributed by atoms with Gasteiger partial charge in [0.25, 0.3) is 0 Å². The maximum absolute atomic E-state index is 5.59. The minimum Gasteiger partial charge on any atom is -0.399 e. The Labute approximate surface area is 108 Å². The summed E-state index contributed by atoms with van der Waals surface area (Å²) in [6.07, 6.45) is 1.75. The van der Waals surface area contributed by atoms with E-state index in [1.54, 1.807) is 0 Å². The van der Waals surface area contributed by atoms with Crippen molar-refractivity contribution < 1.29 is 18.3 Å². The monoisotopic (exact) mass is 264 g/mol. The highest BCUT2D eigenvalue weighted by Gasteiger charge is 2.10. The molecule has 0 aromatic carbocycles. The van der Waals surface area contributed by atoms with Crippen LogP contribution >= 0.6 is 0 Å². The van der Waals surface area contributed by atoms with E-state index in [1.807, 2.05) is 34.6 Å². The fraction of sp³-hybridized carbons (Fsp3) is 1.00. The van der Waals surface area contributed by atoms with E-state index in [9.17, 15) is 0 Å². The van der Waals surface area contributed by atoms with Crippen molar-refractivity contribution in [1.29, 1.82) is 0 Å². The van der Waals surface area contributed by atoms with Gasteiger partial charge in [-0.2, -0.15) is 0 Å². The van der Waals surface area contributed by atoms with Gasteiger partial charge in [-0.05, 0) is 41.0 Å². The predicted octanol–water partition coefficient (Wildman–Crippen LogP) is 2.00. The van der Waals surface area contributed by atoms with Crippen molar-refractivity contribution in [3.8, 4) is 0 Å². The molecule has 17 heavy (non-hydrogen) atoms. The summed E-state index contributed by atoms with van der Waals surface area (Å²) in [5.74, 6) is 0. The molecule has 0 bridgehead atoms. The second-order valence-electron chi connectivity index (χ2n) is 4.77. The summed E-state index contributed by atoms with van der Waals surface area (Å²) in [6, 6.07) is 0. The zero-order valence-electron chi connectivity index (χ0n) is 12.0. The third-order valence-electron chi connectivity index (χ3n) is 2.01. The molecule has 0 aliphatic heterocycles. The molecule has 0 rings (SSSR count). The predicted molar refractivity (Wildman–Crippen MR) is 71.6 cm³/mol. The van der Waals surface area contributed by atoms with E-state index >= 15 is 0 Å². The summed E-state index contributed by atoms with van der Waals surface area (Å²) >= 11 is 0. The van der Waals surface area contributed by atoms with Crippen LogP contribution in [0.3, 0.4) is 0 Å². The van der Waals surface area contributed by atoms with Gasteiger partial charge in [-0.15, -0.1) is 0 Å². The summed E-state index contributed by atoms with van der Waals surface area (Å²) in [4.78, 5) is 0. The van der Waals surface area contributed by atoms with Crippen molar-refractivity contribution in [2.24, 2.45) is 0 Å². The molecular weight excluding hydrogens is 236 g/mol. The van der Waals surface area contributed by atoms with Crippen LogP contribution in [-0.4, -0.2) is 41.7 Å². The van der Waals surface area contributed by atoms with Crippen LogP contribution in [0, 0.1) is 0 Å². The van der Waals surface area contributed by atoms with Crippen molar-refractivity contribution in [3.05, 3.63) is 0 Å². The second-order valence-corrected chi connectivity index (χ2v) is 5.70. The highest BCUT2D eigenvalue weighted by molar-refractivity contribution is 6.18. The number of ether oxygens (including phenoxy) is 2. The van der Waals surface area contributed by atoms with Crippen molar-refractivity contribution in [2.75, 3.05) is 19.8 Å². The average molecular weight is 264 g/mol. The lowest BCUT2D eigenvalue weighted by atomic mass is 10.2. The Bertz CT molecular complexity index is 164. The van der Waals surface area contributed by atoms with Crippen molar-refractivity contribution in [1.82, 2.24) is 0 Å². The molecule has 5 heteroatoms. The molecule has 0 aliphatic carbocycles. The van der Waals surface area contributed by atoms with E-state index < -0.39 is 10.0 Å². The van der Waals surface area contributed by atoms with Gasteiger partial charge in [0, 0.05) is 31.8 Å². The standard InChI is InChI=1S/C12H28O4Si/c1-6-13-11(14-7-2)9-8-10-15-17-16-12(3,4)5/h11H,6-10,17H2,1-5H3. The zero-order valence-corrected chi connectivity index (χ0v) is 13.4. The fourth-order valence-corrected chi connectivity index (χ4v) is 1.97. The van der Waals surface area contributed by atoms with Crippen molar-refractivity contribution >= 4 is 10.0 Å². The SMILES string of the molecule is CCOC(CCCO[SiH2]OC(C)(C)C)OCC. The third-order valence-corrected chi connectivity index (χ3v) is 3.45. The molecule has 0 saturated carbocycles. The molecule has 104 valence electrons. The zero-order chi connectivity index (χ0) is 13.1. The van der Waals surface area contributed by atoms with E-state index in [2.05, 4.69) is 0 Å². The van der Waals surface area contributed by atoms with Gasteiger partial charge in [-0.1, -0.05) is 0 Å². The molecule has 0 aliphatic rings. The van der Waals surface area contributed by atoms with E-state index in [0.29, 0.717) is 13.2 Å². The molecule has 0 unspecified atom stereocenters. The van der Waals surface area contributed by atoms with E-state index in [-0.39, 0.29) is 11.9 Å². The van der Waals surface area contributed by atoms with Crippen LogP contribution in [0.15, 0.2) is 0 Å². The van der Waals surface area contributed by atoms with Crippen LogP contribution in [0.1, 0.15) is 47.5 Å². The molecule has 0 saturated heterocycles. The Hall–Kier alpha value is 0.0569. The Kier molecular flexibility index (Phi) is 10.1. The molecule has 0 aromatic rings. The van der Waals surface area contributed by atoms with Crippen LogP contribution in [0.2, 0.25) is 0 Å². The van der Waals surface area contributed by atoms with Crippen LogP contribution in [0.25, 0.3) is 0 Å². The Morgan fingerprint density at radius 1 is 1.06 bits per heavy atom. The first kappa shape index (κ1) is 17.1. The largest absolute Gasteiger partial charge is 0.399 e. The summed E-state index contributed by atoms with van der Waals surface area (Å²) < 4.78 is 22.0. The lowest BCUT2D eigenvalue weighted by Gasteiger charge is -2.20. The van der Waals surface area contributed by atoms with Gasteiger partial charge in [0.1, 0.15) is 0 Å². The number of hydrogen-bond donors (Lipinski definition) is 0. The first-order valence-electron chi connectivity index (χ1n) is 6.44. The summed E-state index contributed by atoms with van der Waals surface area (Å²) in [5, 5.41) is 0. The van der Waals surface area contributed by atoms with Crippen LogP contribution in [0.4, 0.5) is 0 Å². The molecule has 0 spiro atoms. The van der Waals surface area contributed by atoms with Crippen LogP contribution < -0.4 is 0 Å². The molecule has 0 N–H and O–H groups in total. The molecule has 0 aromatic heterocycles. The lowest BCUT2D eigenvalue weighted by molar-refractivity contribution is -0.140. The lowest BCUT2D eigenvalue weighted by Crippen LogP contribution is -2.24. The minimum absolute atomic E-state index is 0.0780. The smallest absolute Gasteiger partial charge is 0.304 e. The Morgan fingerprint density at radius 3 is 2.12 bits per heavy atom. The number of rotatable bonds is 10. The Balaban J connectivity index is 3.41. The van der Waals surface area contributed by atoms with Crippen molar-refractivity contribution in [3.63, 3.8) is 0 Å². The molecule has 0 atom stereocenters. The summed E-state index contributed by atoms with van der Waals surface area (Å²) in [7, 11) is -0.842. The molecule has 0 amide bonds. The van der Waals surface area contributed by atoms with Gasteiger partial charge >= 0.3 is 10.0 Å². The molecule has 0 heterocycles. The molecule has 4 nitrogen and oxygen atoms in total. The first-order chi connectivity index (χ1) is 7.99. The molecule has 0 fully saturated rings. The maximum atomic E-state index is 5.59. The number of hydrogen-bond acceptors (Lipinski definition) is 4. The summed E-state index contributed by atoms with van der Waals surface area (Å²) in [6.45, 7) is 12.2. The highest BCUT2D eigenvalue weighted by atomic mass is 28.3. The van der Waals surface area contributed by atoms with Crippen LogP contribution in [0.5, 0.6) is 0 Å². The molecule has 0 radical (unpaired) electrons. The van der Waals surface area contributed by atoms with Gasteiger partial charge in [0.05, 0.1) is 0 Å². The average Bonchev–Trinajstić information content (AvgIpc) is 2.22.